The summed E-state index contributed by atoms with van der Waals surface area (Å²) in [6.07, 6.45) is 0. The van der Waals surface area contributed by atoms with Crippen molar-refractivity contribution >= 4 is 33.5 Å². The summed E-state index contributed by atoms with van der Waals surface area (Å²) in [4.78, 5) is 20.1. The van der Waals surface area contributed by atoms with Crippen molar-refractivity contribution in [2.45, 2.75) is 17.9 Å². The molecule has 0 saturated heterocycles. The molecule has 1 atom stereocenters. The van der Waals surface area contributed by atoms with Gasteiger partial charge in [-0.2, -0.15) is 0 Å². The van der Waals surface area contributed by atoms with E-state index in [-0.39, 0.29) is 32.7 Å². The Bertz CT molecular complexity index is 1170. The number of hydrogen-bond acceptors (Lipinski definition) is 7. The van der Waals surface area contributed by atoms with Crippen molar-refractivity contribution in [3.63, 3.8) is 0 Å². The number of carbonyl (C=O) groups excluding carboxylic acids is 1. The van der Waals surface area contributed by atoms with Crippen LogP contribution < -0.4 is 31.2 Å². The molecule has 0 unspecified atom stereocenters. The summed E-state index contributed by atoms with van der Waals surface area (Å²) >= 11 is -0.492. The summed E-state index contributed by atoms with van der Waals surface area (Å²) in [7, 11) is -0.856. The average molecular weight is 560 g/mol. The van der Waals surface area contributed by atoms with Gasteiger partial charge >= 0.3 is 191 Å². The zero-order chi connectivity index (χ0) is 22.9. The van der Waals surface area contributed by atoms with Crippen LogP contribution in [0.5, 0.6) is 5.75 Å². The van der Waals surface area contributed by atoms with Crippen LogP contribution in [0.25, 0.3) is 0 Å². The van der Waals surface area contributed by atoms with E-state index >= 15 is 0 Å². The first-order valence-corrected chi connectivity index (χ1v) is 13.9. The molecule has 0 saturated carbocycles. The van der Waals surface area contributed by atoms with Crippen molar-refractivity contribution in [1.82, 2.24) is 9.62 Å². The van der Waals surface area contributed by atoms with Crippen molar-refractivity contribution in [2.24, 2.45) is 9.39 Å². The number of phenolic OH excluding ortho intramolecular Hbond substituents is 1. The van der Waals surface area contributed by atoms with Crippen LogP contribution in [0.4, 0.5) is 5.69 Å². The van der Waals surface area contributed by atoms with E-state index in [1.165, 1.54) is 17.0 Å². The van der Waals surface area contributed by atoms with Gasteiger partial charge in [-0.1, -0.05) is 0 Å². The van der Waals surface area contributed by atoms with Crippen LogP contribution in [-0.4, -0.2) is 55.0 Å². The van der Waals surface area contributed by atoms with Crippen LogP contribution in [-0.2, 0) is 10.2 Å². The zero-order valence-corrected chi connectivity index (χ0v) is 20.6. The third kappa shape index (κ3) is 5.01. The van der Waals surface area contributed by atoms with Crippen molar-refractivity contribution < 1.29 is 43.9 Å². The number of aliphatic imine (C=N–C) groups is 1. The fourth-order valence-corrected chi connectivity index (χ4v) is 5.05. The number of benzene rings is 1. The topological polar surface area (TPSA) is 137 Å². The molecule has 10 nitrogen and oxygen atoms in total. The number of rotatable bonds is 5. The Morgan fingerprint density at radius 1 is 1.35 bits per heavy atom. The van der Waals surface area contributed by atoms with Gasteiger partial charge in [0.2, 0.25) is 0 Å². The van der Waals surface area contributed by atoms with Gasteiger partial charge in [0.05, 0.1) is 0 Å². The first kappa shape index (κ1) is 23.1. The molecule has 1 aromatic carbocycles. The standard InChI is InChI=1S/C19H23IN5O5S/c1-10-9-14(30-11(10)2)16(20-3)22-18-17(23-31(28,29)24-18)21-13-8-6-7-12(15(13)26)19(27)25(4)5/h6-9,16,26H,1-5H3,(H,21,23)(H,22,24)/q-1/t16-/m0/s1. The predicted octanol–water partition coefficient (Wildman–Crippen LogP) is -1.22. The van der Waals surface area contributed by atoms with E-state index in [0.717, 1.165) is 11.3 Å². The van der Waals surface area contributed by atoms with Gasteiger partial charge in [-0.25, -0.2) is 0 Å². The number of amidine groups is 2. The van der Waals surface area contributed by atoms with Crippen molar-refractivity contribution in [1.29, 1.82) is 0 Å². The van der Waals surface area contributed by atoms with Crippen LogP contribution in [0, 0.1) is 13.8 Å². The second kappa shape index (κ2) is 8.86. The Hall–Kier alpha value is -2.61. The molecule has 3 rings (SSSR count). The van der Waals surface area contributed by atoms with Crippen molar-refractivity contribution in [3.05, 3.63) is 46.9 Å². The molecule has 0 bridgehead atoms. The average Bonchev–Trinajstić information content (AvgIpc) is 3.18. The Kier molecular flexibility index (Phi) is 6.59. The van der Waals surface area contributed by atoms with Gasteiger partial charge in [-0.15, -0.1) is 0 Å². The molecular formula is C19H23IN5O5S-. The molecule has 1 aromatic heterocycles. The summed E-state index contributed by atoms with van der Waals surface area (Å²) in [6.45, 7) is 3.78. The number of phenols is 1. The monoisotopic (exact) mass is 560 g/mol. The number of para-hydroxylation sites is 1. The Balaban J connectivity index is 1.97. The van der Waals surface area contributed by atoms with Crippen molar-refractivity contribution in [2.75, 3.05) is 24.3 Å². The number of anilines is 1. The number of halogens is 1. The number of alkyl halides is 2. The molecule has 2 heterocycles. The minimum absolute atomic E-state index is 0.0157. The summed E-state index contributed by atoms with van der Waals surface area (Å²) in [6, 6.07) is 6.45. The number of furan rings is 1. The molecule has 3 N–H and O–H groups in total. The van der Waals surface area contributed by atoms with Gasteiger partial charge in [-0.05, 0) is 0 Å². The molecule has 0 radical (unpaired) electrons. The number of hydrogen-bond donors (Lipinski definition) is 3. The second-order valence-corrected chi connectivity index (χ2v) is 10.7. The molecule has 168 valence electrons. The number of carbonyl (C=O) groups is 1. The third-order valence-corrected chi connectivity index (χ3v) is 7.40. The van der Waals surface area contributed by atoms with E-state index in [0.29, 0.717) is 5.76 Å². The Labute approximate surface area is 190 Å². The Morgan fingerprint density at radius 3 is 2.65 bits per heavy atom. The van der Waals surface area contributed by atoms with Crippen LogP contribution >= 0.6 is 0 Å². The number of aryl methyl sites for hydroxylation is 2. The predicted molar refractivity (Wildman–Crippen MR) is 114 cm³/mol. The molecule has 0 fully saturated rings. The minimum atomic E-state index is -3.99. The van der Waals surface area contributed by atoms with Gasteiger partial charge < -0.3 is 0 Å². The quantitative estimate of drug-likeness (QED) is 0.182. The fourth-order valence-electron chi connectivity index (χ4n) is 2.76. The van der Waals surface area contributed by atoms with Gasteiger partial charge in [0.1, 0.15) is 0 Å². The molecule has 2 aromatic rings. The molecule has 0 spiro atoms. The van der Waals surface area contributed by atoms with Crippen molar-refractivity contribution in [3.8, 4) is 5.75 Å². The number of nitrogens with zero attached hydrogens (tertiary/aromatic N) is 3. The second-order valence-electron chi connectivity index (χ2n) is 6.96. The molecule has 1 aliphatic heterocycles. The normalized spacial score (nSPS) is 17.3. The van der Waals surface area contributed by atoms with E-state index < -0.39 is 37.3 Å². The summed E-state index contributed by atoms with van der Waals surface area (Å²) in [5, 5.41) is 13.3. The van der Waals surface area contributed by atoms with Gasteiger partial charge in [0.25, 0.3) is 0 Å². The van der Waals surface area contributed by atoms with E-state index in [9.17, 15) is 18.3 Å². The first-order chi connectivity index (χ1) is 14.5. The zero-order valence-electron chi connectivity index (χ0n) is 17.6. The SMILES string of the molecule is C[I-][C@@H](N=C1NS(=O)(=O)N=C1Nc1cccc(C(=O)N(C)C)c1O)c1cc(C)c(C)o1. The van der Waals surface area contributed by atoms with Gasteiger partial charge in [0.15, 0.2) is 0 Å². The summed E-state index contributed by atoms with van der Waals surface area (Å²) in [5.41, 5.74) is 1.19. The summed E-state index contributed by atoms with van der Waals surface area (Å²) < 4.78 is 35.6. The fraction of sp³-hybridized carbons (Fsp3) is 0.316. The maximum atomic E-state index is 12.3. The molecule has 12 heteroatoms. The number of nitrogens with one attached hydrogen (secondary N) is 2. The number of amides is 1. The first-order valence-electron chi connectivity index (χ1n) is 9.09. The van der Waals surface area contributed by atoms with E-state index in [1.54, 1.807) is 20.2 Å². The van der Waals surface area contributed by atoms with Crippen LogP contribution in [0.15, 0.2) is 38.1 Å². The molecule has 0 aliphatic carbocycles. The van der Waals surface area contributed by atoms with Crippen LogP contribution in [0.3, 0.4) is 0 Å². The van der Waals surface area contributed by atoms with E-state index in [2.05, 4.69) is 19.4 Å². The third-order valence-electron chi connectivity index (χ3n) is 4.46. The molecule has 31 heavy (non-hydrogen) atoms. The Morgan fingerprint density at radius 2 is 2.06 bits per heavy atom. The van der Waals surface area contributed by atoms with Gasteiger partial charge in [-0.3, -0.25) is 0 Å². The molecular weight excluding hydrogens is 537 g/mol. The molecule has 1 amide bonds. The summed E-state index contributed by atoms with van der Waals surface area (Å²) in [5.74, 6) is 0.667. The van der Waals surface area contributed by atoms with E-state index in [1.807, 2.05) is 24.8 Å². The number of aromatic hydroxyl groups is 1. The van der Waals surface area contributed by atoms with Gasteiger partial charge in [0, 0.05) is 0 Å². The maximum absolute atomic E-state index is 12.3. The van der Waals surface area contributed by atoms with Crippen LogP contribution in [0.2, 0.25) is 0 Å². The molecule has 1 aliphatic rings. The van der Waals surface area contributed by atoms with Crippen LogP contribution in [0.1, 0.15) is 31.5 Å². The van der Waals surface area contributed by atoms with E-state index in [4.69, 9.17) is 4.42 Å².